The molecule has 0 unspecified atom stereocenters. The van der Waals surface area contributed by atoms with E-state index >= 15 is 0 Å². The van der Waals surface area contributed by atoms with Crippen molar-refractivity contribution in [3.63, 3.8) is 0 Å². The molecule has 13 aromatic carbocycles. The molecule has 2 heterocycles. The summed E-state index contributed by atoms with van der Waals surface area (Å²) < 4.78 is 0. The predicted octanol–water partition coefficient (Wildman–Crippen LogP) is 16.3. The number of rotatable bonds is 8. The van der Waals surface area contributed by atoms with Crippen LogP contribution >= 0.6 is 0 Å². The van der Waals surface area contributed by atoms with E-state index < -0.39 is 32.4 Å². The van der Waals surface area contributed by atoms with Crippen LogP contribution in [0.15, 0.2) is 315 Å². The van der Waals surface area contributed by atoms with Crippen LogP contribution in [-0.4, -0.2) is 16.1 Å². The highest BCUT2D eigenvalue weighted by molar-refractivity contribution is 7.22. The van der Waals surface area contributed by atoms with Crippen LogP contribution in [0.1, 0.15) is 55.5 Å². The van der Waals surface area contributed by atoms with Crippen LogP contribution in [0.5, 0.6) is 0 Å². The normalized spacial score (nSPS) is 15.7. The van der Waals surface area contributed by atoms with Crippen molar-refractivity contribution in [2.24, 2.45) is 0 Å². The molecular weight excluding hydrogens is 1160 g/mol. The number of hydrogen-bond acceptors (Lipinski definition) is 3. The second-order valence-electron chi connectivity index (χ2n) is 26.4. The molecule has 4 aliphatic rings. The average Bonchev–Trinajstić information content (AvgIpc) is 1.50. The summed E-state index contributed by atoms with van der Waals surface area (Å²) in [4.78, 5) is 9.79. The fraction of sp³-hybridized carbons (Fsp3) is 0.0805. The van der Waals surface area contributed by atoms with Crippen LogP contribution in [0, 0.1) is 17.9 Å². The zero-order valence-corrected chi connectivity index (χ0v) is 54.3. The van der Waals surface area contributed by atoms with Gasteiger partial charge in [-0.3, -0.25) is 0 Å². The van der Waals surface area contributed by atoms with Gasteiger partial charge < -0.3 is 9.80 Å². The maximum Gasteiger partial charge on any atom is 0.230 e. The van der Waals surface area contributed by atoms with Gasteiger partial charge in [0.25, 0.3) is 0 Å². The van der Waals surface area contributed by atoms with Crippen molar-refractivity contribution < 1.29 is 0 Å². The molecule has 2 aliphatic carbocycles. The summed E-state index contributed by atoms with van der Waals surface area (Å²) >= 11 is 0. The lowest BCUT2D eigenvalue weighted by Gasteiger charge is -2.50. The molecule has 4 nitrogen and oxygen atoms in total. The molecule has 93 heavy (non-hydrogen) atoms. The van der Waals surface area contributed by atoms with Crippen LogP contribution in [0.2, 0.25) is 0 Å². The Labute approximate surface area is 547 Å². The number of fused-ring (bicyclic) bond motifs is 10. The van der Waals surface area contributed by atoms with Gasteiger partial charge in [0.1, 0.15) is 0 Å². The summed E-state index contributed by atoms with van der Waals surface area (Å²) in [5.41, 5.74) is 15.1. The first-order valence-electron chi connectivity index (χ1n) is 32.3. The number of hydrogen-bond donors (Lipinski definition) is 0. The molecule has 0 radical (unpaired) electrons. The van der Waals surface area contributed by atoms with Crippen LogP contribution in [-0.2, 0) is 16.2 Å². The van der Waals surface area contributed by atoms with Crippen LogP contribution in [0.4, 0.5) is 39.8 Å². The Morgan fingerprint density at radius 3 is 0.957 bits per heavy atom. The van der Waals surface area contributed by atoms with E-state index in [4.69, 9.17) is 4.85 Å². The van der Waals surface area contributed by atoms with Crippen molar-refractivity contribution in [1.29, 1.82) is 5.26 Å². The molecule has 6 heteroatoms. The molecule has 0 N–H and O–H groups in total. The van der Waals surface area contributed by atoms with Crippen molar-refractivity contribution in [1.82, 2.24) is 0 Å². The predicted molar refractivity (Wildman–Crippen MR) is 391 cm³/mol. The third-order valence-electron chi connectivity index (χ3n) is 21.6. The first-order valence-corrected chi connectivity index (χ1v) is 36.3. The molecule has 0 amide bonds. The zero-order chi connectivity index (χ0) is 62.8. The molecule has 2 aliphatic heterocycles. The van der Waals surface area contributed by atoms with Crippen molar-refractivity contribution in [3.8, 4) is 39.4 Å². The minimum Gasteiger partial charge on any atom is -0.320 e. The Morgan fingerprint density at radius 1 is 0.344 bits per heavy atom. The van der Waals surface area contributed by atoms with Gasteiger partial charge in [-0.1, -0.05) is 307 Å². The summed E-state index contributed by atoms with van der Waals surface area (Å²) in [6, 6.07) is 120. The molecule has 17 rings (SSSR count). The lowest BCUT2D eigenvalue weighted by molar-refractivity contribution is 0.232. The van der Waals surface area contributed by atoms with E-state index in [1.54, 1.807) is 0 Å². The van der Waals surface area contributed by atoms with E-state index in [0.29, 0.717) is 11.3 Å². The third kappa shape index (κ3) is 7.39. The Bertz CT molecular complexity index is 4740. The van der Waals surface area contributed by atoms with Gasteiger partial charge in [0.05, 0.1) is 29.6 Å². The van der Waals surface area contributed by atoms with Gasteiger partial charge in [-0.25, -0.2) is 4.85 Å². The van der Waals surface area contributed by atoms with Crippen LogP contribution < -0.4 is 51.3 Å². The highest BCUT2D eigenvalue weighted by Crippen LogP contribution is 2.75. The van der Waals surface area contributed by atoms with E-state index in [0.717, 1.165) is 67.5 Å². The quantitative estimate of drug-likeness (QED) is 0.112. The maximum absolute atomic E-state index is 12.9. The monoisotopic (exact) mass is 1220 g/mol. The summed E-state index contributed by atoms with van der Waals surface area (Å²) in [7, 11) is -6.34. The number of benzene rings is 13. The Kier molecular flexibility index (Phi) is 12.6. The summed E-state index contributed by atoms with van der Waals surface area (Å²) in [5.74, 6) is 0. The average molecular weight is 1220 g/mol. The first-order chi connectivity index (χ1) is 45.6. The maximum atomic E-state index is 12.9. The number of nitriles is 1. The molecule has 0 saturated heterocycles. The number of para-hydroxylation sites is 4. The van der Waals surface area contributed by atoms with E-state index in [2.05, 4.69) is 359 Å². The lowest BCUT2D eigenvalue weighted by atomic mass is 9.52. The number of anilines is 6. The summed E-state index contributed by atoms with van der Waals surface area (Å²) in [6.07, 6.45) is 0. The fourth-order valence-electron chi connectivity index (χ4n) is 18.3. The molecular formula is C87H64N4Si2. The SMILES string of the molecule is [C-]#[N+]c1c(C#N)c(N2c3ccccc3[Si](c3ccccc3)(c3ccccc3)c3ccccc32)c2c(c1N1c3ccccc3[Si](c3ccccc3)(c3ccccc3)c3ccccc31)C(C)(C)C1(c3cc(-c4ccccc4)ccc3-c3ccc(-c4ccccc4)cc31)C2(C)C. The number of nitrogens with zero attached hydrogens (tertiary/aromatic N) is 4. The van der Waals surface area contributed by atoms with E-state index in [-0.39, 0.29) is 0 Å². The van der Waals surface area contributed by atoms with Crippen LogP contribution in [0.3, 0.4) is 0 Å². The zero-order valence-electron chi connectivity index (χ0n) is 52.3. The topological polar surface area (TPSA) is 34.6 Å². The van der Waals surface area contributed by atoms with E-state index in [1.165, 1.54) is 63.7 Å². The molecule has 0 fully saturated rings. The van der Waals surface area contributed by atoms with Gasteiger partial charge in [0.2, 0.25) is 5.69 Å². The molecule has 13 aromatic rings. The van der Waals surface area contributed by atoms with Crippen molar-refractivity contribution in [3.05, 3.63) is 355 Å². The highest BCUT2D eigenvalue weighted by atomic mass is 28.3. The minimum absolute atomic E-state index is 0.329. The molecule has 1 spiro atoms. The highest BCUT2D eigenvalue weighted by Gasteiger charge is 2.70. The molecule has 0 bridgehead atoms. The Hall–Kier alpha value is -11.1. The van der Waals surface area contributed by atoms with Crippen LogP contribution in [0.25, 0.3) is 38.2 Å². The summed E-state index contributed by atoms with van der Waals surface area (Å²) in [6.45, 7) is 20.0. The lowest BCUT2D eigenvalue weighted by Crippen LogP contribution is -2.77. The molecule has 0 atom stereocenters. The molecule has 0 aromatic heterocycles. The molecule has 0 saturated carbocycles. The van der Waals surface area contributed by atoms with E-state index in [1.807, 2.05) is 0 Å². The molecule has 440 valence electrons. The van der Waals surface area contributed by atoms with Gasteiger partial charge in [0.15, 0.2) is 16.1 Å². The first kappa shape index (κ1) is 55.9. The van der Waals surface area contributed by atoms with Gasteiger partial charge in [-0.05, 0) is 134 Å². The van der Waals surface area contributed by atoms with Crippen molar-refractivity contribution >= 4 is 97.5 Å². The summed E-state index contributed by atoms with van der Waals surface area (Å²) in [5, 5.41) is 22.9. The van der Waals surface area contributed by atoms with Gasteiger partial charge in [0, 0.05) is 39.0 Å². The minimum atomic E-state index is -3.17. The van der Waals surface area contributed by atoms with Crippen molar-refractivity contribution in [2.45, 2.75) is 43.9 Å². The van der Waals surface area contributed by atoms with Gasteiger partial charge >= 0.3 is 0 Å². The standard InChI is InChI=1S/C87H64N4Si2/c1-85(2)80-81(86(3,4)87(85)70-56-61(59-32-12-6-13-33-59)52-54-67(70)68-55-53-62(57-71(68)87)60-34-14-7-15-35-60)84(91-74-46-26-30-50-78(74)93(65-40-20-10-21-41-65,66-42-22-11-23-43-66)79-51-31-27-47-75(79)91)82(89-5)69(58-88)83(80)90-72-44-24-28-48-76(72)92(63-36-16-8-17-37-63,64-38-18-9-19-39-64)77-49-29-25-45-73(77)90/h6-57H,1-4H3. The fourth-order valence-corrected chi connectivity index (χ4v) is 28.5. The van der Waals surface area contributed by atoms with Gasteiger partial charge in [-0.2, -0.15) is 5.26 Å². The smallest absolute Gasteiger partial charge is 0.230 e. The largest absolute Gasteiger partial charge is 0.320 e. The van der Waals surface area contributed by atoms with E-state index in [9.17, 15) is 11.8 Å². The third-order valence-corrected chi connectivity index (χ3v) is 31.3. The van der Waals surface area contributed by atoms with Gasteiger partial charge in [-0.15, -0.1) is 0 Å². The second-order valence-corrected chi connectivity index (χ2v) is 33.8. The Morgan fingerprint density at radius 2 is 0.634 bits per heavy atom. The van der Waals surface area contributed by atoms with Crippen molar-refractivity contribution in [2.75, 3.05) is 9.80 Å². The second kappa shape index (κ2) is 21.0. The Balaban J connectivity index is 1.06.